The number of carbonyl (C=O) groups excluding carboxylic acids is 1. The molecule has 0 aromatic heterocycles. The summed E-state index contributed by atoms with van der Waals surface area (Å²) in [7, 11) is -4.06. The van der Waals surface area contributed by atoms with E-state index in [1.54, 1.807) is 24.3 Å². The van der Waals surface area contributed by atoms with Crippen molar-refractivity contribution >= 4 is 16.0 Å². The second-order valence-corrected chi connectivity index (χ2v) is 7.77. The van der Waals surface area contributed by atoms with Crippen molar-refractivity contribution in [3.05, 3.63) is 59.4 Å². The number of aryl methyl sites for hydroxylation is 1. The molecule has 3 rings (SSSR count). The number of benzene rings is 2. The van der Waals surface area contributed by atoms with Crippen LogP contribution in [0.4, 0.5) is 4.39 Å². The maximum atomic E-state index is 14.2. The van der Waals surface area contributed by atoms with Crippen LogP contribution in [0.25, 0.3) is 0 Å². The Balaban J connectivity index is 1.87. The van der Waals surface area contributed by atoms with Gasteiger partial charge in [0.25, 0.3) is 0 Å². The fourth-order valence-corrected chi connectivity index (χ4v) is 4.02. The molecule has 6 nitrogen and oxygen atoms in total. The minimum Gasteiger partial charge on any atom is -0.423 e. The predicted octanol–water partition coefficient (Wildman–Crippen LogP) is 2.37. The van der Waals surface area contributed by atoms with Crippen LogP contribution in [0.2, 0.25) is 0 Å². The van der Waals surface area contributed by atoms with Gasteiger partial charge in [0.1, 0.15) is 16.5 Å². The number of hydrogen-bond donors (Lipinski definition) is 0. The Morgan fingerprint density at radius 2 is 1.77 bits per heavy atom. The van der Waals surface area contributed by atoms with Gasteiger partial charge in [0, 0.05) is 13.1 Å². The van der Waals surface area contributed by atoms with E-state index in [2.05, 4.69) is 0 Å². The number of hydrogen-bond acceptors (Lipinski definition) is 5. The maximum Gasteiger partial charge on any atom is 0.343 e. The smallest absolute Gasteiger partial charge is 0.343 e. The van der Waals surface area contributed by atoms with E-state index in [0.29, 0.717) is 5.75 Å². The Morgan fingerprint density at radius 3 is 2.42 bits per heavy atom. The van der Waals surface area contributed by atoms with E-state index in [1.165, 1.54) is 6.07 Å². The topological polar surface area (TPSA) is 72.9 Å². The fourth-order valence-electron chi connectivity index (χ4n) is 2.53. The van der Waals surface area contributed by atoms with Gasteiger partial charge >= 0.3 is 5.97 Å². The highest BCUT2D eigenvalue weighted by molar-refractivity contribution is 7.89. The molecule has 0 aliphatic carbocycles. The average molecular weight is 379 g/mol. The third-order valence-electron chi connectivity index (χ3n) is 3.99. The highest BCUT2D eigenvalue weighted by Crippen LogP contribution is 2.23. The zero-order valence-corrected chi connectivity index (χ0v) is 15.0. The van der Waals surface area contributed by atoms with E-state index < -0.39 is 26.7 Å². The number of esters is 1. The van der Waals surface area contributed by atoms with Crippen LogP contribution in [0.5, 0.6) is 5.75 Å². The summed E-state index contributed by atoms with van der Waals surface area (Å²) >= 11 is 0. The Hall–Kier alpha value is -2.29. The van der Waals surface area contributed by atoms with Crippen LogP contribution in [0.3, 0.4) is 0 Å². The molecular formula is C18H18FNO5S. The van der Waals surface area contributed by atoms with Crippen LogP contribution in [0.1, 0.15) is 15.9 Å². The van der Waals surface area contributed by atoms with E-state index in [0.717, 1.165) is 22.0 Å². The van der Waals surface area contributed by atoms with E-state index in [9.17, 15) is 17.6 Å². The Kier molecular flexibility index (Phi) is 5.36. The average Bonchev–Trinajstić information content (AvgIpc) is 2.64. The summed E-state index contributed by atoms with van der Waals surface area (Å²) in [5, 5.41) is 0. The van der Waals surface area contributed by atoms with Crippen LogP contribution in [-0.2, 0) is 14.8 Å². The molecule has 26 heavy (non-hydrogen) atoms. The van der Waals surface area contributed by atoms with Crippen molar-refractivity contribution in [2.45, 2.75) is 11.8 Å². The minimum atomic E-state index is -4.06. The van der Waals surface area contributed by atoms with Crippen molar-refractivity contribution in [3.63, 3.8) is 0 Å². The van der Waals surface area contributed by atoms with Crippen LogP contribution in [-0.4, -0.2) is 45.0 Å². The molecular weight excluding hydrogens is 361 g/mol. The molecule has 2 aromatic carbocycles. The van der Waals surface area contributed by atoms with Gasteiger partial charge in [-0.3, -0.25) is 0 Å². The lowest BCUT2D eigenvalue weighted by Crippen LogP contribution is -2.41. The van der Waals surface area contributed by atoms with E-state index >= 15 is 0 Å². The number of carbonyl (C=O) groups is 1. The molecule has 0 N–H and O–H groups in total. The van der Waals surface area contributed by atoms with Gasteiger partial charge in [-0.15, -0.1) is 0 Å². The van der Waals surface area contributed by atoms with Crippen molar-refractivity contribution in [3.8, 4) is 5.75 Å². The standard InChI is InChI=1S/C18H18FNO5S/c1-13-2-5-15(6-3-13)25-18(21)14-4-7-16(19)17(12-14)26(22,23)20-8-10-24-11-9-20/h2-7,12H,8-11H2,1H3. The number of halogens is 1. The van der Waals surface area contributed by atoms with Gasteiger partial charge in [-0.1, -0.05) is 17.7 Å². The van der Waals surface area contributed by atoms with Gasteiger partial charge in [-0.05, 0) is 37.3 Å². The van der Waals surface area contributed by atoms with Gasteiger partial charge in [0.05, 0.1) is 18.8 Å². The van der Waals surface area contributed by atoms with E-state index in [-0.39, 0.29) is 31.9 Å². The van der Waals surface area contributed by atoms with Gasteiger partial charge in [0.2, 0.25) is 10.0 Å². The largest absolute Gasteiger partial charge is 0.423 e. The first kappa shape index (κ1) is 18.5. The zero-order chi connectivity index (χ0) is 18.7. The Labute approximate surface area is 151 Å². The van der Waals surface area contributed by atoms with Crippen molar-refractivity contribution in [2.75, 3.05) is 26.3 Å². The number of morpholine rings is 1. The first-order valence-electron chi connectivity index (χ1n) is 8.04. The molecule has 0 amide bonds. The summed E-state index contributed by atoms with van der Waals surface area (Å²) in [6, 6.07) is 9.98. The SMILES string of the molecule is Cc1ccc(OC(=O)c2ccc(F)c(S(=O)(=O)N3CCOCC3)c2)cc1. The molecule has 0 atom stereocenters. The van der Waals surface area contributed by atoms with Crippen molar-refractivity contribution < 1.29 is 27.1 Å². The predicted molar refractivity (Wildman–Crippen MR) is 92.1 cm³/mol. The highest BCUT2D eigenvalue weighted by atomic mass is 32.2. The molecule has 1 saturated heterocycles. The van der Waals surface area contributed by atoms with Gasteiger partial charge in [-0.2, -0.15) is 4.31 Å². The van der Waals surface area contributed by atoms with Gasteiger partial charge in [0.15, 0.2) is 0 Å². The first-order valence-corrected chi connectivity index (χ1v) is 9.48. The number of nitrogens with zero attached hydrogens (tertiary/aromatic N) is 1. The number of sulfonamides is 1. The summed E-state index contributed by atoms with van der Waals surface area (Å²) in [5.41, 5.74) is 0.962. The van der Waals surface area contributed by atoms with Gasteiger partial charge < -0.3 is 9.47 Å². The van der Waals surface area contributed by atoms with Crippen LogP contribution in [0, 0.1) is 12.7 Å². The number of ether oxygens (including phenoxy) is 2. The molecule has 138 valence electrons. The fraction of sp³-hybridized carbons (Fsp3) is 0.278. The molecule has 0 spiro atoms. The normalized spacial score (nSPS) is 15.6. The summed E-state index contributed by atoms with van der Waals surface area (Å²) in [6.07, 6.45) is 0. The molecule has 1 aliphatic rings. The van der Waals surface area contributed by atoms with Crippen molar-refractivity contribution in [1.29, 1.82) is 0 Å². The lowest BCUT2D eigenvalue weighted by atomic mass is 10.2. The Bertz CT molecular complexity index is 906. The quantitative estimate of drug-likeness (QED) is 0.602. The highest BCUT2D eigenvalue weighted by Gasteiger charge is 2.30. The first-order chi connectivity index (χ1) is 12.4. The second-order valence-electron chi connectivity index (χ2n) is 5.86. The lowest BCUT2D eigenvalue weighted by Gasteiger charge is -2.26. The van der Waals surface area contributed by atoms with Crippen molar-refractivity contribution in [1.82, 2.24) is 4.31 Å². The van der Waals surface area contributed by atoms with Crippen LogP contribution in [0.15, 0.2) is 47.4 Å². The second kappa shape index (κ2) is 7.53. The summed E-state index contributed by atoms with van der Waals surface area (Å²) in [5.74, 6) is -1.35. The minimum absolute atomic E-state index is 0.0428. The summed E-state index contributed by atoms with van der Waals surface area (Å²) < 4.78 is 51.0. The van der Waals surface area contributed by atoms with E-state index in [4.69, 9.17) is 9.47 Å². The molecule has 1 aliphatic heterocycles. The molecule has 1 fully saturated rings. The third-order valence-corrected chi connectivity index (χ3v) is 5.90. The number of rotatable bonds is 4. The molecule has 2 aromatic rings. The summed E-state index contributed by atoms with van der Waals surface area (Å²) in [6.45, 7) is 2.67. The summed E-state index contributed by atoms with van der Waals surface area (Å²) in [4.78, 5) is 11.7. The van der Waals surface area contributed by atoms with Crippen LogP contribution < -0.4 is 4.74 Å². The monoisotopic (exact) mass is 379 g/mol. The van der Waals surface area contributed by atoms with E-state index in [1.807, 2.05) is 6.92 Å². The Morgan fingerprint density at radius 1 is 1.12 bits per heavy atom. The van der Waals surface area contributed by atoms with Crippen LogP contribution >= 0.6 is 0 Å². The molecule has 0 bridgehead atoms. The lowest BCUT2D eigenvalue weighted by molar-refractivity contribution is 0.0726. The molecule has 0 unspecified atom stereocenters. The maximum absolute atomic E-state index is 14.2. The van der Waals surface area contributed by atoms with Gasteiger partial charge in [-0.25, -0.2) is 17.6 Å². The molecule has 0 saturated carbocycles. The molecule has 1 heterocycles. The van der Waals surface area contributed by atoms with Crippen molar-refractivity contribution in [2.24, 2.45) is 0 Å². The molecule has 8 heteroatoms. The third kappa shape index (κ3) is 3.92. The zero-order valence-electron chi connectivity index (χ0n) is 14.1. The molecule has 0 radical (unpaired) electrons.